The van der Waals surface area contributed by atoms with Crippen LogP contribution in [0.15, 0.2) is 29.0 Å². The quantitative estimate of drug-likeness (QED) is 0.405. The second-order valence-electron chi connectivity index (χ2n) is 8.01. The van der Waals surface area contributed by atoms with E-state index in [1.54, 1.807) is 7.11 Å². The lowest BCUT2D eigenvalue weighted by molar-refractivity contribution is 0.0699. The Kier molecular flexibility index (Phi) is 9.61. The number of hydrogen-bond donors (Lipinski definition) is 3. The maximum Gasteiger partial charge on any atom is 0.137 e. The van der Waals surface area contributed by atoms with Crippen molar-refractivity contribution in [3.63, 3.8) is 0 Å². The van der Waals surface area contributed by atoms with E-state index in [1.807, 2.05) is 39.1 Å². The van der Waals surface area contributed by atoms with Gasteiger partial charge in [-0.2, -0.15) is 0 Å². The molecule has 0 saturated heterocycles. The molecule has 1 aromatic heterocycles. The molecule has 0 aliphatic heterocycles. The van der Waals surface area contributed by atoms with Gasteiger partial charge in [0.2, 0.25) is 0 Å². The van der Waals surface area contributed by atoms with Crippen LogP contribution in [0, 0.1) is 6.92 Å². The molecule has 1 aliphatic rings. The van der Waals surface area contributed by atoms with Crippen LogP contribution in [0.1, 0.15) is 70.4 Å². The van der Waals surface area contributed by atoms with E-state index in [1.165, 1.54) is 32.1 Å². The first kappa shape index (κ1) is 23.4. The fourth-order valence-electron chi connectivity index (χ4n) is 3.87. The first-order valence-corrected chi connectivity index (χ1v) is 10.9. The van der Waals surface area contributed by atoms with Gasteiger partial charge in [0.15, 0.2) is 0 Å². The van der Waals surface area contributed by atoms with Crippen LogP contribution in [0.25, 0.3) is 0 Å². The van der Waals surface area contributed by atoms with E-state index in [-0.39, 0.29) is 6.10 Å². The van der Waals surface area contributed by atoms with E-state index >= 15 is 0 Å². The highest BCUT2D eigenvalue weighted by atomic mass is 16.5. The van der Waals surface area contributed by atoms with E-state index in [0.29, 0.717) is 24.5 Å². The maximum atomic E-state index is 6.28. The summed E-state index contributed by atoms with van der Waals surface area (Å²) in [5.74, 6) is 1.22. The molecule has 1 heterocycles. The summed E-state index contributed by atoms with van der Waals surface area (Å²) in [6, 6.07) is 2.93. The number of aromatic nitrogens is 1. The highest BCUT2D eigenvalue weighted by Gasteiger charge is 2.24. The highest BCUT2D eigenvalue weighted by molar-refractivity contribution is 6.02. The van der Waals surface area contributed by atoms with E-state index in [2.05, 4.69) is 27.5 Å². The Hall–Kier alpha value is -1.92. The summed E-state index contributed by atoms with van der Waals surface area (Å²) in [7, 11) is 1.78. The van der Waals surface area contributed by atoms with Crippen LogP contribution in [0.5, 0.6) is 0 Å². The van der Waals surface area contributed by atoms with Gasteiger partial charge in [-0.15, -0.1) is 0 Å². The first-order chi connectivity index (χ1) is 14.0. The topological polar surface area (TPSA) is 84.6 Å². The van der Waals surface area contributed by atoms with Crippen molar-refractivity contribution in [3.8, 4) is 0 Å². The van der Waals surface area contributed by atoms with Crippen LogP contribution in [0.3, 0.4) is 0 Å². The van der Waals surface area contributed by atoms with Crippen molar-refractivity contribution in [3.05, 3.63) is 35.2 Å². The minimum atomic E-state index is 0.0494. The van der Waals surface area contributed by atoms with Crippen molar-refractivity contribution in [1.29, 1.82) is 0 Å². The molecule has 1 fully saturated rings. The molecule has 0 spiro atoms. The van der Waals surface area contributed by atoms with Gasteiger partial charge in [0.1, 0.15) is 11.7 Å². The number of anilines is 1. The van der Waals surface area contributed by atoms with Crippen LogP contribution >= 0.6 is 0 Å². The minimum absolute atomic E-state index is 0.0494. The van der Waals surface area contributed by atoms with E-state index in [9.17, 15) is 0 Å². The monoisotopic (exact) mass is 401 g/mol. The molecule has 1 saturated carbocycles. The SMILES string of the molecule is C/C=C(C)\N=C(/N)c1cc(C)cnc1NCC(OC)C(CC)NC1CCCCC1. The molecule has 4 N–H and O–H groups in total. The zero-order chi connectivity index (χ0) is 21.2. The van der Waals surface area contributed by atoms with Crippen LogP contribution in [0.4, 0.5) is 5.82 Å². The largest absolute Gasteiger partial charge is 0.383 e. The molecule has 0 amide bonds. The van der Waals surface area contributed by atoms with Crippen LogP contribution in [-0.2, 0) is 4.74 Å². The normalized spacial score (nSPS) is 18.5. The minimum Gasteiger partial charge on any atom is -0.383 e. The number of nitrogens with zero attached hydrogens (tertiary/aromatic N) is 2. The van der Waals surface area contributed by atoms with Gasteiger partial charge in [-0.25, -0.2) is 9.98 Å². The molecule has 2 rings (SSSR count). The summed E-state index contributed by atoms with van der Waals surface area (Å²) < 4.78 is 5.85. The molecule has 1 aliphatic carbocycles. The van der Waals surface area contributed by atoms with Gasteiger partial charge in [-0.05, 0) is 51.7 Å². The fraction of sp³-hybridized carbons (Fsp3) is 0.652. The number of hydrogen-bond acceptors (Lipinski definition) is 5. The Morgan fingerprint density at radius 3 is 2.72 bits per heavy atom. The van der Waals surface area contributed by atoms with Gasteiger partial charge in [0.05, 0.1) is 11.7 Å². The van der Waals surface area contributed by atoms with E-state index < -0.39 is 0 Å². The second kappa shape index (κ2) is 11.9. The van der Waals surface area contributed by atoms with Gasteiger partial charge in [-0.3, -0.25) is 0 Å². The predicted octanol–water partition coefficient (Wildman–Crippen LogP) is 4.15. The van der Waals surface area contributed by atoms with Gasteiger partial charge < -0.3 is 21.1 Å². The van der Waals surface area contributed by atoms with Crippen molar-refractivity contribution < 1.29 is 4.74 Å². The number of nitrogens with two attached hydrogens (primary N) is 1. The number of pyridine rings is 1. The standard InChI is InChI=1S/C23H39N5O/c1-6-17(4)27-22(24)19-13-16(3)14-25-23(19)26-15-21(29-5)20(7-2)28-18-11-9-8-10-12-18/h6,13-14,18,20-21,28H,7-12,15H2,1-5H3,(H2,24,27)(H,25,26)/b17-6-. The maximum absolute atomic E-state index is 6.28. The summed E-state index contributed by atoms with van der Waals surface area (Å²) in [6.45, 7) is 8.77. The number of rotatable bonds is 10. The van der Waals surface area contributed by atoms with Crippen molar-refractivity contribution in [1.82, 2.24) is 10.3 Å². The van der Waals surface area contributed by atoms with Crippen molar-refractivity contribution in [2.75, 3.05) is 19.0 Å². The van der Waals surface area contributed by atoms with Gasteiger partial charge in [0.25, 0.3) is 0 Å². The summed E-state index contributed by atoms with van der Waals surface area (Å²) in [6.07, 6.45) is 11.4. The molecule has 2 atom stereocenters. The number of amidine groups is 1. The fourth-order valence-corrected chi connectivity index (χ4v) is 3.87. The molecule has 6 heteroatoms. The average Bonchev–Trinajstić information content (AvgIpc) is 2.74. The van der Waals surface area contributed by atoms with Crippen LogP contribution < -0.4 is 16.4 Å². The average molecular weight is 402 g/mol. The molecular weight excluding hydrogens is 362 g/mol. The Morgan fingerprint density at radius 1 is 1.38 bits per heavy atom. The lowest BCUT2D eigenvalue weighted by Crippen LogP contribution is -2.49. The zero-order valence-electron chi connectivity index (χ0n) is 18.8. The smallest absolute Gasteiger partial charge is 0.137 e. The van der Waals surface area contributed by atoms with Crippen molar-refractivity contribution >= 4 is 11.7 Å². The first-order valence-electron chi connectivity index (χ1n) is 10.9. The Bertz CT molecular complexity index is 695. The molecule has 0 aromatic carbocycles. The number of aliphatic imine (C=N–C) groups is 1. The molecule has 29 heavy (non-hydrogen) atoms. The lowest BCUT2D eigenvalue weighted by atomic mass is 9.94. The number of aryl methyl sites for hydroxylation is 1. The summed E-state index contributed by atoms with van der Waals surface area (Å²) >= 11 is 0. The molecule has 1 aromatic rings. The molecule has 0 radical (unpaired) electrons. The Balaban J connectivity index is 2.10. The van der Waals surface area contributed by atoms with Crippen LogP contribution in [-0.4, -0.2) is 42.7 Å². The van der Waals surface area contributed by atoms with Gasteiger partial charge in [0, 0.05) is 37.6 Å². The third-order valence-corrected chi connectivity index (χ3v) is 5.73. The number of allylic oxidation sites excluding steroid dienone is 2. The predicted molar refractivity (Wildman–Crippen MR) is 123 cm³/mol. The Morgan fingerprint density at radius 2 is 2.10 bits per heavy atom. The molecule has 2 unspecified atom stereocenters. The van der Waals surface area contributed by atoms with Crippen LogP contribution in [0.2, 0.25) is 0 Å². The highest BCUT2D eigenvalue weighted by Crippen LogP contribution is 2.20. The third kappa shape index (κ3) is 7.12. The summed E-state index contributed by atoms with van der Waals surface area (Å²) in [4.78, 5) is 9.05. The van der Waals surface area contributed by atoms with Gasteiger partial charge >= 0.3 is 0 Å². The van der Waals surface area contributed by atoms with E-state index in [4.69, 9.17) is 10.5 Å². The lowest BCUT2D eigenvalue weighted by Gasteiger charge is -2.32. The molecule has 6 nitrogen and oxygen atoms in total. The number of ether oxygens (including phenoxy) is 1. The summed E-state index contributed by atoms with van der Waals surface area (Å²) in [5.41, 5.74) is 9.04. The number of methoxy groups -OCH3 is 1. The third-order valence-electron chi connectivity index (χ3n) is 5.73. The molecule has 162 valence electrons. The summed E-state index contributed by atoms with van der Waals surface area (Å²) in [5, 5.41) is 7.29. The van der Waals surface area contributed by atoms with E-state index in [0.717, 1.165) is 29.1 Å². The second-order valence-corrected chi connectivity index (χ2v) is 8.01. The van der Waals surface area contributed by atoms with Crippen molar-refractivity contribution in [2.45, 2.75) is 84.4 Å². The number of nitrogens with one attached hydrogen (secondary N) is 2. The molecule has 0 bridgehead atoms. The molecular formula is C23H39N5O. The van der Waals surface area contributed by atoms with Gasteiger partial charge in [-0.1, -0.05) is 32.3 Å². The van der Waals surface area contributed by atoms with Crippen molar-refractivity contribution in [2.24, 2.45) is 10.7 Å². The zero-order valence-corrected chi connectivity index (χ0v) is 18.8. The Labute approximate surface area is 176 Å².